The maximum atomic E-state index is 13.9. The van der Waals surface area contributed by atoms with Crippen molar-refractivity contribution in [2.24, 2.45) is 23.0 Å². The number of ether oxygens (including phenoxy) is 1. The average molecular weight is 586 g/mol. The van der Waals surface area contributed by atoms with E-state index < -0.39 is 11.5 Å². The first kappa shape index (κ1) is 31.6. The molecule has 0 bridgehead atoms. The molecule has 3 aliphatic rings. The standard InChI is InChI=1S/C33H48ClN3O4/c1-2-41-32(40)33(27-10-4-3-5-11-27)18-20-37(21-19-33)31(39)29(22-24-12-15-28(34)16-13-24)36-30(38)17-14-25-8-6-7-9-26(25)23-35/h9,12-13,15-16,25,27,29H,2-8,10-11,14,17-23,35H2,1H3,(H,36,38). The molecule has 1 saturated heterocycles. The van der Waals surface area contributed by atoms with Crippen molar-refractivity contribution in [3.63, 3.8) is 0 Å². The summed E-state index contributed by atoms with van der Waals surface area (Å²) in [5, 5.41) is 3.70. The molecule has 1 heterocycles. The van der Waals surface area contributed by atoms with E-state index in [0.717, 1.165) is 56.9 Å². The van der Waals surface area contributed by atoms with Crippen LogP contribution in [-0.2, 0) is 25.5 Å². The van der Waals surface area contributed by atoms with E-state index in [1.165, 1.54) is 12.0 Å². The summed E-state index contributed by atoms with van der Waals surface area (Å²) < 4.78 is 5.59. The zero-order chi connectivity index (χ0) is 29.2. The molecule has 0 spiro atoms. The van der Waals surface area contributed by atoms with Gasteiger partial charge in [-0.1, -0.05) is 54.6 Å². The molecule has 0 aromatic heterocycles. The summed E-state index contributed by atoms with van der Waals surface area (Å²) >= 11 is 6.10. The predicted octanol–water partition coefficient (Wildman–Crippen LogP) is 5.58. The van der Waals surface area contributed by atoms with E-state index in [0.29, 0.717) is 68.8 Å². The molecule has 7 nitrogen and oxygen atoms in total. The van der Waals surface area contributed by atoms with E-state index >= 15 is 0 Å². The number of benzene rings is 1. The molecule has 8 heteroatoms. The molecule has 2 aliphatic carbocycles. The van der Waals surface area contributed by atoms with Gasteiger partial charge in [0.1, 0.15) is 6.04 Å². The Kier molecular flexibility index (Phi) is 11.7. The SMILES string of the molecule is CCOC(=O)C1(C2CCCCC2)CCN(C(=O)C(Cc2ccc(Cl)cc2)NC(=O)CCC2CCCC=C2CN)CC1. The smallest absolute Gasteiger partial charge is 0.312 e. The summed E-state index contributed by atoms with van der Waals surface area (Å²) in [4.78, 5) is 42.2. The second-order valence-corrected chi connectivity index (χ2v) is 12.6. The maximum Gasteiger partial charge on any atom is 0.312 e. The van der Waals surface area contributed by atoms with Crippen molar-refractivity contribution in [3.8, 4) is 0 Å². The van der Waals surface area contributed by atoms with Gasteiger partial charge in [-0.25, -0.2) is 0 Å². The number of carbonyl (C=O) groups is 3. The minimum atomic E-state index is -0.677. The van der Waals surface area contributed by atoms with Gasteiger partial charge in [-0.2, -0.15) is 0 Å². The molecule has 2 unspecified atom stereocenters. The molecular formula is C33H48ClN3O4. The van der Waals surface area contributed by atoms with Crippen molar-refractivity contribution in [1.29, 1.82) is 0 Å². The fourth-order valence-corrected chi connectivity index (χ4v) is 7.39. The quantitative estimate of drug-likeness (QED) is 0.260. The van der Waals surface area contributed by atoms with Crippen LogP contribution < -0.4 is 11.1 Å². The van der Waals surface area contributed by atoms with Crippen LogP contribution in [0.3, 0.4) is 0 Å². The van der Waals surface area contributed by atoms with E-state index in [4.69, 9.17) is 22.1 Å². The van der Waals surface area contributed by atoms with Gasteiger partial charge >= 0.3 is 5.97 Å². The van der Waals surface area contributed by atoms with E-state index in [9.17, 15) is 14.4 Å². The monoisotopic (exact) mass is 585 g/mol. The Morgan fingerprint density at radius 3 is 2.44 bits per heavy atom. The second kappa shape index (κ2) is 15.2. The number of hydrogen-bond acceptors (Lipinski definition) is 5. The molecule has 4 rings (SSSR count). The molecule has 3 N–H and O–H groups in total. The van der Waals surface area contributed by atoms with Crippen molar-refractivity contribution >= 4 is 29.4 Å². The van der Waals surface area contributed by atoms with Crippen molar-refractivity contribution in [2.75, 3.05) is 26.2 Å². The van der Waals surface area contributed by atoms with Crippen molar-refractivity contribution < 1.29 is 19.1 Å². The highest BCUT2D eigenvalue weighted by atomic mass is 35.5. The number of nitrogens with two attached hydrogens (primary N) is 1. The number of esters is 1. The van der Waals surface area contributed by atoms with Crippen LogP contribution in [0.5, 0.6) is 0 Å². The summed E-state index contributed by atoms with van der Waals surface area (Å²) in [6.45, 7) is 3.75. The number of likely N-dealkylation sites (tertiary alicyclic amines) is 1. The summed E-state index contributed by atoms with van der Waals surface area (Å²) in [6, 6.07) is 6.75. The fraction of sp³-hybridized carbons (Fsp3) is 0.667. The summed E-state index contributed by atoms with van der Waals surface area (Å²) in [5.41, 5.74) is 7.61. The molecule has 0 radical (unpaired) electrons. The Hall–Kier alpha value is -2.38. The lowest BCUT2D eigenvalue weighted by Crippen LogP contribution is -2.55. The molecule has 1 saturated carbocycles. The molecular weight excluding hydrogens is 538 g/mol. The van der Waals surface area contributed by atoms with Gasteiger partial charge in [-0.3, -0.25) is 14.4 Å². The summed E-state index contributed by atoms with van der Waals surface area (Å²) in [6.07, 6.45) is 13.8. The lowest BCUT2D eigenvalue weighted by Gasteiger charge is -2.46. The summed E-state index contributed by atoms with van der Waals surface area (Å²) in [5.74, 6) is 0.347. The molecule has 1 aliphatic heterocycles. The van der Waals surface area contributed by atoms with E-state index in [1.54, 1.807) is 0 Å². The van der Waals surface area contributed by atoms with Gasteiger partial charge in [0.25, 0.3) is 0 Å². The third-order valence-corrected chi connectivity index (χ3v) is 9.92. The zero-order valence-electron chi connectivity index (χ0n) is 24.7. The van der Waals surface area contributed by atoms with Crippen LogP contribution in [0.1, 0.15) is 89.5 Å². The highest BCUT2D eigenvalue weighted by Gasteiger charge is 2.49. The molecule has 1 aromatic carbocycles. The molecule has 1 aromatic rings. The van der Waals surface area contributed by atoms with Crippen LogP contribution >= 0.6 is 11.6 Å². The van der Waals surface area contributed by atoms with Gasteiger partial charge in [-0.15, -0.1) is 0 Å². The Bertz CT molecular complexity index is 1060. The summed E-state index contributed by atoms with van der Waals surface area (Å²) in [7, 11) is 0. The first-order valence-electron chi connectivity index (χ1n) is 15.7. The molecule has 41 heavy (non-hydrogen) atoms. The number of halogens is 1. The largest absolute Gasteiger partial charge is 0.466 e. The molecule has 2 fully saturated rings. The van der Waals surface area contributed by atoms with Crippen LogP contribution in [0.2, 0.25) is 5.02 Å². The van der Waals surface area contributed by atoms with E-state index in [2.05, 4.69) is 11.4 Å². The Morgan fingerprint density at radius 2 is 1.78 bits per heavy atom. The van der Waals surface area contributed by atoms with Crippen LogP contribution in [0.25, 0.3) is 0 Å². The number of nitrogens with one attached hydrogen (secondary N) is 1. The van der Waals surface area contributed by atoms with Gasteiger partial charge in [0.2, 0.25) is 11.8 Å². The molecule has 226 valence electrons. The van der Waals surface area contributed by atoms with Crippen molar-refractivity contribution in [2.45, 2.75) is 96.4 Å². The number of allylic oxidation sites excluding steroid dienone is 1. The highest BCUT2D eigenvalue weighted by molar-refractivity contribution is 6.30. The van der Waals surface area contributed by atoms with Crippen LogP contribution in [0, 0.1) is 17.3 Å². The lowest BCUT2D eigenvalue weighted by molar-refractivity contribution is -0.166. The van der Waals surface area contributed by atoms with Gasteiger partial charge in [0, 0.05) is 37.5 Å². The first-order chi connectivity index (χ1) is 19.9. The average Bonchev–Trinajstić information content (AvgIpc) is 3.01. The minimum Gasteiger partial charge on any atom is -0.466 e. The number of amides is 2. The van der Waals surface area contributed by atoms with Crippen LogP contribution in [0.4, 0.5) is 0 Å². The Balaban J connectivity index is 1.44. The van der Waals surface area contributed by atoms with Crippen LogP contribution in [0.15, 0.2) is 35.9 Å². The topological polar surface area (TPSA) is 102 Å². The van der Waals surface area contributed by atoms with Crippen LogP contribution in [-0.4, -0.2) is 55.0 Å². The van der Waals surface area contributed by atoms with Gasteiger partial charge < -0.3 is 20.7 Å². The van der Waals surface area contributed by atoms with Gasteiger partial charge in [-0.05, 0) is 87.8 Å². The van der Waals surface area contributed by atoms with Gasteiger partial charge in [0.15, 0.2) is 0 Å². The minimum absolute atomic E-state index is 0.0883. The lowest BCUT2D eigenvalue weighted by atomic mass is 9.63. The normalized spacial score (nSPS) is 22.0. The number of carbonyl (C=O) groups excluding carboxylic acids is 3. The second-order valence-electron chi connectivity index (χ2n) is 12.1. The van der Waals surface area contributed by atoms with Crippen molar-refractivity contribution in [1.82, 2.24) is 10.2 Å². The number of nitrogens with zero attached hydrogens (tertiary/aromatic N) is 1. The predicted molar refractivity (Wildman–Crippen MR) is 162 cm³/mol. The maximum absolute atomic E-state index is 13.9. The number of rotatable bonds is 11. The fourth-order valence-electron chi connectivity index (χ4n) is 7.27. The van der Waals surface area contributed by atoms with Crippen molar-refractivity contribution in [3.05, 3.63) is 46.5 Å². The first-order valence-corrected chi connectivity index (χ1v) is 16.1. The van der Waals surface area contributed by atoms with Gasteiger partial charge in [0.05, 0.1) is 12.0 Å². The number of hydrogen-bond donors (Lipinski definition) is 2. The third kappa shape index (κ3) is 8.13. The van der Waals surface area contributed by atoms with E-state index in [1.807, 2.05) is 36.1 Å². The molecule has 2 atom stereocenters. The van der Waals surface area contributed by atoms with E-state index in [-0.39, 0.29) is 17.8 Å². The Morgan fingerprint density at radius 1 is 1.07 bits per heavy atom. The number of piperidine rings is 1. The third-order valence-electron chi connectivity index (χ3n) is 9.67. The Labute approximate surface area is 250 Å². The highest BCUT2D eigenvalue weighted by Crippen LogP contribution is 2.47. The zero-order valence-corrected chi connectivity index (χ0v) is 25.4. The molecule has 2 amide bonds.